The maximum atomic E-state index is 13.0. The van der Waals surface area contributed by atoms with E-state index in [2.05, 4.69) is 4.72 Å². The second-order valence-electron chi connectivity index (χ2n) is 7.59. The first kappa shape index (κ1) is 23.1. The van der Waals surface area contributed by atoms with Gasteiger partial charge in [-0.3, -0.25) is 4.79 Å². The summed E-state index contributed by atoms with van der Waals surface area (Å²) >= 11 is 6.17. The van der Waals surface area contributed by atoms with Gasteiger partial charge in [0.1, 0.15) is 18.1 Å². The smallest absolute Gasteiger partial charge is 0.253 e. The van der Waals surface area contributed by atoms with Gasteiger partial charge in [-0.05, 0) is 41.5 Å². The number of carbonyl (C=O) groups is 1. The lowest BCUT2D eigenvalue weighted by Crippen LogP contribution is -2.27. The van der Waals surface area contributed by atoms with Gasteiger partial charge in [0.2, 0.25) is 10.0 Å². The molecule has 0 aliphatic carbocycles. The molecule has 1 N–H and O–H groups in total. The number of hydrogen-bond acceptors (Lipinski definition) is 5. The SMILES string of the molecule is CN(Cc1ccc2c(c1)OCCO2)C(=O)c1ccc(Cl)c(S(=O)(=O)NCc2ccccc2)c1. The minimum atomic E-state index is -3.92. The van der Waals surface area contributed by atoms with E-state index in [1.54, 1.807) is 7.05 Å². The van der Waals surface area contributed by atoms with Crippen molar-refractivity contribution in [1.29, 1.82) is 0 Å². The van der Waals surface area contributed by atoms with Gasteiger partial charge in [-0.15, -0.1) is 0 Å². The zero-order chi connectivity index (χ0) is 23.4. The van der Waals surface area contributed by atoms with Crippen molar-refractivity contribution in [3.05, 3.63) is 88.4 Å². The van der Waals surface area contributed by atoms with Crippen LogP contribution < -0.4 is 14.2 Å². The quantitative estimate of drug-likeness (QED) is 0.548. The number of halogens is 1. The number of rotatable bonds is 7. The molecule has 1 heterocycles. The van der Waals surface area contributed by atoms with Gasteiger partial charge in [-0.1, -0.05) is 48.0 Å². The van der Waals surface area contributed by atoms with E-state index >= 15 is 0 Å². The first-order valence-electron chi connectivity index (χ1n) is 10.3. The number of hydrogen-bond donors (Lipinski definition) is 1. The summed E-state index contributed by atoms with van der Waals surface area (Å²) in [6.07, 6.45) is 0. The summed E-state index contributed by atoms with van der Waals surface area (Å²) in [6.45, 7) is 1.41. The molecular formula is C24H23ClN2O5S. The molecule has 0 saturated carbocycles. The third-order valence-corrected chi connectivity index (χ3v) is 7.03. The number of ether oxygens (including phenoxy) is 2. The molecule has 0 unspecified atom stereocenters. The predicted octanol–water partition coefficient (Wildman–Crippen LogP) is 3.86. The zero-order valence-corrected chi connectivity index (χ0v) is 19.5. The number of nitrogens with zero attached hydrogens (tertiary/aromatic N) is 1. The lowest BCUT2D eigenvalue weighted by molar-refractivity contribution is 0.0784. The van der Waals surface area contributed by atoms with Gasteiger partial charge in [-0.25, -0.2) is 13.1 Å². The Morgan fingerprint density at radius 3 is 2.45 bits per heavy atom. The number of benzene rings is 3. The summed E-state index contributed by atoms with van der Waals surface area (Å²) in [6, 6.07) is 18.9. The minimum Gasteiger partial charge on any atom is -0.486 e. The largest absolute Gasteiger partial charge is 0.486 e. The Bertz CT molecular complexity index is 1270. The van der Waals surface area contributed by atoms with E-state index in [0.717, 1.165) is 11.1 Å². The second-order valence-corrected chi connectivity index (χ2v) is 9.74. The second kappa shape index (κ2) is 9.82. The number of sulfonamides is 1. The van der Waals surface area contributed by atoms with Crippen molar-refractivity contribution in [2.24, 2.45) is 0 Å². The molecule has 0 aromatic heterocycles. The van der Waals surface area contributed by atoms with E-state index in [4.69, 9.17) is 21.1 Å². The molecule has 1 aliphatic rings. The van der Waals surface area contributed by atoms with Crippen LogP contribution in [0.4, 0.5) is 0 Å². The molecule has 0 spiro atoms. The highest BCUT2D eigenvalue weighted by Gasteiger charge is 2.22. The lowest BCUT2D eigenvalue weighted by atomic mass is 10.1. The fourth-order valence-electron chi connectivity index (χ4n) is 3.45. The molecule has 1 aliphatic heterocycles. The lowest BCUT2D eigenvalue weighted by Gasteiger charge is -2.21. The average Bonchev–Trinajstić information content (AvgIpc) is 2.83. The monoisotopic (exact) mass is 486 g/mol. The molecule has 0 bridgehead atoms. The van der Waals surface area contributed by atoms with Crippen molar-refractivity contribution in [3.8, 4) is 11.5 Å². The van der Waals surface area contributed by atoms with Crippen LogP contribution in [0.1, 0.15) is 21.5 Å². The third-order valence-electron chi connectivity index (χ3n) is 5.15. The molecule has 7 nitrogen and oxygen atoms in total. The summed E-state index contributed by atoms with van der Waals surface area (Å²) < 4.78 is 39.4. The van der Waals surface area contributed by atoms with Crippen LogP contribution in [0.2, 0.25) is 5.02 Å². The van der Waals surface area contributed by atoms with Crippen molar-refractivity contribution in [1.82, 2.24) is 9.62 Å². The van der Waals surface area contributed by atoms with Crippen LogP contribution in [-0.2, 0) is 23.1 Å². The van der Waals surface area contributed by atoms with Gasteiger partial charge in [0.25, 0.3) is 5.91 Å². The Labute approximate surface area is 197 Å². The number of carbonyl (C=O) groups excluding carboxylic acids is 1. The molecule has 0 saturated heterocycles. The van der Waals surface area contributed by atoms with Crippen LogP contribution >= 0.6 is 11.6 Å². The molecule has 3 aromatic carbocycles. The van der Waals surface area contributed by atoms with Gasteiger partial charge in [0.05, 0.1) is 5.02 Å². The normalized spacial score (nSPS) is 12.9. The predicted molar refractivity (Wildman–Crippen MR) is 125 cm³/mol. The first-order chi connectivity index (χ1) is 15.8. The van der Waals surface area contributed by atoms with Crippen molar-refractivity contribution in [3.63, 3.8) is 0 Å². The molecule has 0 radical (unpaired) electrons. The summed E-state index contributed by atoms with van der Waals surface area (Å²) in [7, 11) is -2.27. The number of fused-ring (bicyclic) bond motifs is 1. The van der Waals surface area contributed by atoms with Gasteiger partial charge >= 0.3 is 0 Å². The van der Waals surface area contributed by atoms with Crippen molar-refractivity contribution >= 4 is 27.5 Å². The average molecular weight is 487 g/mol. The summed E-state index contributed by atoms with van der Waals surface area (Å²) in [4.78, 5) is 14.4. The standard InChI is InChI=1S/C24H23ClN2O5S/c1-27(16-18-7-10-21-22(13-18)32-12-11-31-21)24(28)19-8-9-20(25)23(14-19)33(29,30)26-15-17-5-3-2-4-6-17/h2-10,13-14,26H,11-12,15-16H2,1H3. The Morgan fingerprint density at radius 1 is 0.970 bits per heavy atom. The maximum Gasteiger partial charge on any atom is 0.253 e. The molecule has 4 rings (SSSR count). The van der Waals surface area contributed by atoms with Crippen LogP contribution in [0.15, 0.2) is 71.6 Å². The first-order valence-corrected chi connectivity index (χ1v) is 12.2. The highest BCUT2D eigenvalue weighted by Crippen LogP contribution is 2.31. The van der Waals surface area contributed by atoms with Crippen molar-refractivity contribution < 1.29 is 22.7 Å². The van der Waals surface area contributed by atoms with E-state index in [1.165, 1.54) is 23.1 Å². The van der Waals surface area contributed by atoms with Gasteiger partial charge in [0.15, 0.2) is 11.5 Å². The van der Waals surface area contributed by atoms with E-state index in [9.17, 15) is 13.2 Å². The van der Waals surface area contributed by atoms with Crippen LogP contribution in [0.3, 0.4) is 0 Å². The molecule has 0 fully saturated rings. The molecule has 1 amide bonds. The van der Waals surface area contributed by atoms with E-state index in [0.29, 0.717) is 31.3 Å². The third kappa shape index (κ3) is 5.47. The fraction of sp³-hybridized carbons (Fsp3) is 0.208. The Hall–Kier alpha value is -3.07. The zero-order valence-electron chi connectivity index (χ0n) is 18.0. The summed E-state index contributed by atoms with van der Waals surface area (Å²) in [5, 5.41) is 0.0431. The van der Waals surface area contributed by atoms with Crippen LogP contribution in [0.5, 0.6) is 11.5 Å². The fourth-order valence-corrected chi connectivity index (χ4v) is 4.99. The van der Waals surface area contributed by atoms with Gasteiger partial charge in [-0.2, -0.15) is 0 Å². The minimum absolute atomic E-state index is 0.0431. The van der Waals surface area contributed by atoms with Gasteiger partial charge < -0.3 is 14.4 Å². The Kier molecular flexibility index (Phi) is 6.88. The highest BCUT2D eigenvalue weighted by molar-refractivity contribution is 7.89. The maximum absolute atomic E-state index is 13.0. The van der Waals surface area contributed by atoms with Crippen LogP contribution in [0.25, 0.3) is 0 Å². The molecule has 33 heavy (non-hydrogen) atoms. The highest BCUT2D eigenvalue weighted by atomic mass is 35.5. The Morgan fingerprint density at radius 2 is 1.70 bits per heavy atom. The summed E-state index contributed by atoms with van der Waals surface area (Å²) in [5.74, 6) is 0.986. The topological polar surface area (TPSA) is 84.9 Å². The Balaban J connectivity index is 1.49. The molecule has 3 aromatic rings. The molecule has 0 atom stereocenters. The van der Waals surface area contributed by atoms with Crippen molar-refractivity contribution in [2.45, 2.75) is 18.0 Å². The van der Waals surface area contributed by atoms with Gasteiger partial charge in [0, 0.05) is 25.7 Å². The molecular weight excluding hydrogens is 464 g/mol. The van der Waals surface area contributed by atoms with Crippen LogP contribution in [-0.4, -0.2) is 39.5 Å². The van der Waals surface area contributed by atoms with E-state index in [1.807, 2.05) is 48.5 Å². The number of amides is 1. The molecule has 9 heteroatoms. The van der Waals surface area contributed by atoms with E-state index in [-0.39, 0.29) is 27.9 Å². The van der Waals surface area contributed by atoms with Crippen molar-refractivity contribution in [2.75, 3.05) is 20.3 Å². The van der Waals surface area contributed by atoms with Crippen LogP contribution in [0, 0.1) is 0 Å². The number of nitrogens with one attached hydrogen (secondary N) is 1. The van der Waals surface area contributed by atoms with E-state index < -0.39 is 10.0 Å². The molecule has 172 valence electrons. The summed E-state index contributed by atoms with van der Waals surface area (Å²) in [5.41, 5.74) is 1.89.